The molecule has 0 radical (unpaired) electrons. The average Bonchev–Trinajstić information content (AvgIpc) is 3.57. The van der Waals surface area contributed by atoms with Crippen LogP contribution in [0.3, 0.4) is 0 Å². The Morgan fingerprint density at radius 3 is 2.29 bits per heavy atom. The van der Waals surface area contributed by atoms with Crippen LogP contribution in [-0.2, 0) is 0 Å². The molecule has 1 spiro atoms. The normalized spacial score (nSPS) is 20.9. The van der Waals surface area contributed by atoms with Gasteiger partial charge in [0.25, 0.3) is 11.8 Å². The van der Waals surface area contributed by atoms with Crippen LogP contribution >= 0.6 is 11.8 Å². The number of carbonyl (C=O) groups is 1. The predicted molar refractivity (Wildman–Crippen MR) is 132 cm³/mol. The van der Waals surface area contributed by atoms with Gasteiger partial charge in [-0.1, -0.05) is 0 Å². The molecule has 1 aromatic heterocycles. The first-order valence-electron chi connectivity index (χ1n) is 12.0. The molecule has 3 heterocycles. The van der Waals surface area contributed by atoms with E-state index < -0.39 is 5.92 Å². The van der Waals surface area contributed by atoms with Gasteiger partial charge in [0, 0.05) is 55.7 Å². The Bertz CT molecular complexity index is 1070. The zero-order chi connectivity index (χ0) is 23.9. The third-order valence-corrected chi connectivity index (χ3v) is 8.16. The summed E-state index contributed by atoms with van der Waals surface area (Å²) in [6, 6.07) is 7.68. The molecule has 6 nitrogen and oxygen atoms in total. The maximum absolute atomic E-state index is 13.6. The van der Waals surface area contributed by atoms with Crippen molar-refractivity contribution in [3.63, 3.8) is 0 Å². The number of amides is 1. The van der Waals surface area contributed by atoms with Gasteiger partial charge in [-0.15, -0.1) is 11.8 Å². The average molecular weight is 488 g/mol. The van der Waals surface area contributed by atoms with Crippen molar-refractivity contribution in [2.45, 2.75) is 56.3 Å². The molecular weight excluding hydrogens is 456 g/mol. The molecule has 5 rings (SSSR count). The third-order valence-electron chi connectivity index (χ3n) is 7.43. The van der Waals surface area contributed by atoms with Crippen LogP contribution in [0.2, 0.25) is 0 Å². The zero-order valence-electron chi connectivity index (χ0n) is 19.7. The van der Waals surface area contributed by atoms with Crippen LogP contribution in [0.15, 0.2) is 29.2 Å². The summed E-state index contributed by atoms with van der Waals surface area (Å²) in [5.74, 6) is -2.08. The minimum Gasteiger partial charge on any atom is -0.371 e. The van der Waals surface area contributed by atoms with E-state index in [1.54, 1.807) is 22.7 Å². The fraction of sp³-hybridized carbons (Fsp3) is 0.560. The van der Waals surface area contributed by atoms with Crippen LogP contribution < -0.4 is 15.1 Å². The summed E-state index contributed by atoms with van der Waals surface area (Å²) >= 11 is 1.67. The Labute approximate surface area is 203 Å². The topological polar surface area (TPSA) is 61.4 Å². The van der Waals surface area contributed by atoms with Gasteiger partial charge in [-0.25, -0.2) is 13.8 Å². The van der Waals surface area contributed by atoms with Crippen LogP contribution in [0.1, 0.15) is 54.6 Å². The van der Waals surface area contributed by atoms with Crippen molar-refractivity contribution in [1.82, 2.24) is 9.97 Å². The molecule has 1 saturated carbocycles. The molecule has 2 aliphatic heterocycles. The molecule has 3 fully saturated rings. The minimum absolute atomic E-state index is 0.195. The smallest absolute Gasteiger partial charge is 0.258 e. The molecule has 1 N–H and O–H groups in total. The van der Waals surface area contributed by atoms with Crippen LogP contribution in [0, 0.1) is 12.3 Å². The Kier molecular flexibility index (Phi) is 6.16. The molecule has 1 aliphatic carbocycles. The second kappa shape index (κ2) is 8.98. The molecule has 2 aromatic rings. The number of hydrogen-bond donors (Lipinski definition) is 1. The van der Waals surface area contributed by atoms with Gasteiger partial charge in [0.2, 0.25) is 5.95 Å². The summed E-state index contributed by atoms with van der Waals surface area (Å²) in [4.78, 5) is 27.5. The molecular formula is C25H31F2N5OS. The fourth-order valence-corrected chi connectivity index (χ4v) is 5.40. The Balaban J connectivity index is 1.35. The Morgan fingerprint density at radius 2 is 1.65 bits per heavy atom. The van der Waals surface area contributed by atoms with Crippen LogP contribution in [-0.4, -0.2) is 54.2 Å². The van der Waals surface area contributed by atoms with Gasteiger partial charge < -0.3 is 15.1 Å². The van der Waals surface area contributed by atoms with Crippen molar-refractivity contribution in [1.29, 1.82) is 0 Å². The maximum atomic E-state index is 13.6. The molecule has 34 heavy (non-hydrogen) atoms. The van der Waals surface area contributed by atoms with Gasteiger partial charge in [-0.3, -0.25) is 4.79 Å². The lowest BCUT2D eigenvalue weighted by atomic mass is 9.93. The van der Waals surface area contributed by atoms with Crippen LogP contribution in [0.5, 0.6) is 0 Å². The summed E-state index contributed by atoms with van der Waals surface area (Å²) in [6.45, 7) is 4.14. The molecule has 3 aliphatic rings. The number of piperidine rings is 2. The van der Waals surface area contributed by atoms with Gasteiger partial charge in [0.05, 0.1) is 11.3 Å². The van der Waals surface area contributed by atoms with Crippen molar-refractivity contribution < 1.29 is 13.6 Å². The first kappa shape index (κ1) is 23.3. The Morgan fingerprint density at radius 1 is 0.971 bits per heavy atom. The summed E-state index contributed by atoms with van der Waals surface area (Å²) in [5.41, 5.74) is 2.83. The van der Waals surface area contributed by atoms with Crippen molar-refractivity contribution in [3.05, 3.63) is 35.5 Å². The Hall–Kier alpha value is -2.42. The van der Waals surface area contributed by atoms with E-state index in [2.05, 4.69) is 26.3 Å². The first-order chi connectivity index (χ1) is 16.3. The SMILES string of the molecule is CSc1ccc(C(=O)Nc2cc(C)nc(N3CCC(F)(F)CC3)n2)c(N2CCC3(CC2)CC3)c1. The number of nitrogens with one attached hydrogen (secondary N) is 1. The van der Waals surface area contributed by atoms with Gasteiger partial charge in [0.15, 0.2) is 0 Å². The quantitative estimate of drug-likeness (QED) is 0.572. The van der Waals surface area contributed by atoms with Crippen LogP contribution in [0.25, 0.3) is 0 Å². The number of nitrogens with zero attached hydrogens (tertiary/aromatic N) is 4. The second-order valence-corrected chi connectivity index (χ2v) is 10.7. The number of rotatable bonds is 5. The lowest BCUT2D eigenvalue weighted by Gasteiger charge is -2.35. The highest BCUT2D eigenvalue weighted by Gasteiger charge is 2.44. The number of alkyl halides is 2. The lowest BCUT2D eigenvalue weighted by Crippen LogP contribution is -2.40. The van der Waals surface area contributed by atoms with E-state index in [0.717, 1.165) is 23.7 Å². The van der Waals surface area contributed by atoms with Crippen molar-refractivity contribution in [2.75, 3.05) is 47.6 Å². The van der Waals surface area contributed by atoms with Gasteiger partial charge in [-0.2, -0.15) is 4.98 Å². The van der Waals surface area contributed by atoms with E-state index in [4.69, 9.17) is 0 Å². The zero-order valence-corrected chi connectivity index (χ0v) is 20.6. The van der Waals surface area contributed by atoms with Crippen molar-refractivity contribution in [3.8, 4) is 0 Å². The highest BCUT2D eigenvalue weighted by atomic mass is 32.2. The lowest BCUT2D eigenvalue weighted by molar-refractivity contribution is -0.0222. The molecule has 9 heteroatoms. The monoisotopic (exact) mass is 487 g/mol. The minimum atomic E-state index is -2.63. The second-order valence-electron chi connectivity index (χ2n) is 9.86. The van der Waals surface area contributed by atoms with E-state index >= 15 is 0 Å². The molecule has 0 unspecified atom stereocenters. The number of hydrogen-bond acceptors (Lipinski definition) is 6. The van der Waals surface area contributed by atoms with Gasteiger partial charge >= 0.3 is 0 Å². The number of aromatic nitrogens is 2. The highest BCUT2D eigenvalue weighted by molar-refractivity contribution is 7.98. The number of benzene rings is 1. The number of carbonyl (C=O) groups excluding carboxylic acids is 1. The van der Waals surface area contributed by atoms with Gasteiger partial charge in [0.1, 0.15) is 5.82 Å². The fourth-order valence-electron chi connectivity index (χ4n) is 4.97. The van der Waals surface area contributed by atoms with E-state index in [0.29, 0.717) is 28.4 Å². The molecule has 0 bridgehead atoms. The third kappa shape index (κ3) is 4.99. The number of anilines is 3. The highest BCUT2D eigenvalue weighted by Crippen LogP contribution is 2.54. The predicted octanol–water partition coefficient (Wildman–Crippen LogP) is 5.38. The van der Waals surface area contributed by atoms with E-state index in [1.807, 2.05) is 25.3 Å². The maximum Gasteiger partial charge on any atom is 0.258 e. The summed E-state index contributed by atoms with van der Waals surface area (Å²) in [5, 5.41) is 2.94. The van der Waals surface area contributed by atoms with E-state index in [-0.39, 0.29) is 31.8 Å². The van der Waals surface area contributed by atoms with Gasteiger partial charge in [-0.05, 0) is 62.5 Å². The number of aryl methyl sites for hydroxylation is 1. The molecule has 1 amide bonds. The summed E-state index contributed by atoms with van der Waals surface area (Å²) in [7, 11) is 0. The number of halogens is 2. The number of thioether (sulfide) groups is 1. The molecule has 2 saturated heterocycles. The van der Waals surface area contributed by atoms with Crippen LogP contribution in [0.4, 0.5) is 26.2 Å². The summed E-state index contributed by atoms with van der Waals surface area (Å²) in [6.07, 6.45) is 6.65. The van der Waals surface area contributed by atoms with E-state index in [1.165, 1.54) is 25.7 Å². The largest absolute Gasteiger partial charge is 0.371 e. The molecule has 182 valence electrons. The van der Waals surface area contributed by atoms with E-state index in [9.17, 15) is 13.6 Å². The summed E-state index contributed by atoms with van der Waals surface area (Å²) < 4.78 is 27.1. The van der Waals surface area contributed by atoms with Crippen molar-refractivity contribution >= 4 is 35.1 Å². The molecule has 0 atom stereocenters. The van der Waals surface area contributed by atoms with Crippen molar-refractivity contribution in [2.24, 2.45) is 5.41 Å². The standard InChI is InChI=1S/C25H31F2N5OS/c1-17-15-21(30-23(28-17)32-13-9-25(26,27)10-14-32)29-22(33)19-4-3-18(34-2)16-20(19)31-11-7-24(5-6-24)8-12-31/h3-4,15-16H,5-14H2,1-2H3,(H,28,29,30,33). The first-order valence-corrected chi connectivity index (χ1v) is 13.2. The molecule has 1 aromatic carbocycles.